The summed E-state index contributed by atoms with van der Waals surface area (Å²) in [5.41, 5.74) is 1.18. The van der Waals surface area contributed by atoms with Gasteiger partial charge < -0.3 is 15.0 Å². The Balaban J connectivity index is 0.00000341. The average Bonchev–Trinajstić information content (AvgIpc) is 3.34. The summed E-state index contributed by atoms with van der Waals surface area (Å²) in [6.45, 7) is 6.70. The van der Waals surface area contributed by atoms with Crippen LogP contribution in [0, 0.1) is 11.8 Å². The van der Waals surface area contributed by atoms with Gasteiger partial charge in [0.25, 0.3) is 0 Å². The van der Waals surface area contributed by atoms with Gasteiger partial charge in [-0.2, -0.15) is 13.2 Å². The SMILES string of the molecule is CCNC(=NCC1CCN(CC(F)(F)F)C1)N1CCC(COCc2ccccc2)C1.I. The third kappa shape index (κ3) is 9.13. The highest BCUT2D eigenvalue weighted by Gasteiger charge is 2.34. The molecule has 0 spiro atoms. The van der Waals surface area contributed by atoms with Crippen molar-refractivity contribution in [3.05, 3.63) is 35.9 Å². The molecule has 0 amide bonds. The first kappa shape index (κ1) is 26.2. The molecule has 1 aromatic carbocycles. The van der Waals surface area contributed by atoms with Crippen LogP contribution in [0.3, 0.4) is 0 Å². The minimum atomic E-state index is -4.12. The lowest BCUT2D eigenvalue weighted by atomic mass is 10.1. The molecular weight excluding hydrogens is 520 g/mol. The van der Waals surface area contributed by atoms with Crippen molar-refractivity contribution in [3.63, 3.8) is 0 Å². The minimum absolute atomic E-state index is 0. The fraction of sp³-hybridized carbons (Fsp3) is 0.682. The van der Waals surface area contributed by atoms with Gasteiger partial charge in [0.15, 0.2) is 5.96 Å². The fourth-order valence-electron chi connectivity index (χ4n) is 4.18. The number of benzene rings is 1. The number of halogens is 4. The van der Waals surface area contributed by atoms with Gasteiger partial charge >= 0.3 is 6.18 Å². The summed E-state index contributed by atoms with van der Waals surface area (Å²) < 4.78 is 43.6. The average molecular weight is 554 g/mol. The number of likely N-dealkylation sites (tertiary alicyclic amines) is 2. The molecule has 2 unspecified atom stereocenters. The molecule has 1 aromatic rings. The zero-order chi connectivity index (χ0) is 21.4. The van der Waals surface area contributed by atoms with Crippen molar-refractivity contribution >= 4 is 29.9 Å². The van der Waals surface area contributed by atoms with Crippen molar-refractivity contribution in [2.75, 3.05) is 52.4 Å². The zero-order valence-electron chi connectivity index (χ0n) is 18.1. The number of alkyl halides is 3. The van der Waals surface area contributed by atoms with Crippen LogP contribution in [0.5, 0.6) is 0 Å². The van der Waals surface area contributed by atoms with Crippen LogP contribution in [0.2, 0.25) is 0 Å². The highest BCUT2D eigenvalue weighted by molar-refractivity contribution is 14.0. The third-order valence-corrected chi connectivity index (χ3v) is 5.66. The summed E-state index contributed by atoms with van der Waals surface area (Å²) in [4.78, 5) is 8.50. The molecule has 5 nitrogen and oxygen atoms in total. The number of rotatable bonds is 8. The molecule has 2 atom stereocenters. The molecule has 2 heterocycles. The van der Waals surface area contributed by atoms with Gasteiger partial charge in [-0.05, 0) is 37.8 Å². The molecule has 2 saturated heterocycles. The third-order valence-electron chi connectivity index (χ3n) is 5.66. The summed E-state index contributed by atoms with van der Waals surface area (Å²) in [5.74, 6) is 1.53. The molecule has 176 valence electrons. The standard InChI is InChI=1S/C22H33F3N4O.HI/c1-2-26-21(27-12-19-8-10-28(13-19)17-22(23,24)25)29-11-9-20(14-29)16-30-15-18-6-4-3-5-7-18;/h3-7,19-20H,2,8-17H2,1H3,(H,26,27);1H. The molecule has 0 aliphatic carbocycles. The van der Waals surface area contributed by atoms with Crippen molar-refractivity contribution in [1.29, 1.82) is 0 Å². The first-order valence-corrected chi connectivity index (χ1v) is 10.9. The van der Waals surface area contributed by atoms with Gasteiger partial charge in [0.2, 0.25) is 0 Å². The Labute approximate surface area is 200 Å². The molecular formula is C22H34F3IN4O. The normalized spacial score (nSPS) is 22.6. The molecule has 3 rings (SSSR count). The summed E-state index contributed by atoms with van der Waals surface area (Å²) in [7, 11) is 0. The van der Waals surface area contributed by atoms with E-state index in [0.29, 0.717) is 32.2 Å². The van der Waals surface area contributed by atoms with Crippen molar-refractivity contribution in [3.8, 4) is 0 Å². The molecule has 0 radical (unpaired) electrons. The second-order valence-electron chi connectivity index (χ2n) is 8.30. The van der Waals surface area contributed by atoms with E-state index in [1.54, 1.807) is 0 Å². The van der Waals surface area contributed by atoms with E-state index in [4.69, 9.17) is 9.73 Å². The van der Waals surface area contributed by atoms with Crippen LogP contribution >= 0.6 is 24.0 Å². The van der Waals surface area contributed by atoms with E-state index in [1.165, 1.54) is 10.5 Å². The van der Waals surface area contributed by atoms with Crippen molar-refractivity contribution < 1.29 is 17.9 Å². The van der Waals surface area contributed by atoms with Crippen LogP contribution in [0.25, 0.3) is 0 Å². The Morgan fingerprint density at radius 2 is 1.87 bits per heavy atom. The monoisotopic (exact) mass is 554 g/mol. The molecule has 2 fully saturated rings. The smallest absolute Gasteiger partial charge is 0.376 e. The number of nitrogens with zero attached hydrogens (tertiary/aromatic N) is 3. The van der Waals surface area contributed by atoms with Crippen molar-refractivity contribution in [2.45, 2.75) is 32.5 Å². The van der Waals surface area contributed by atoms with Crippen LogP contribution < -0.4 is 5.32 Å². The van der Waals surface area contributed by atoms with Crippen LogP contribution in [0.15, 0.2) is 35.3 Å². The van der Waals surface area contributed by atoms with Gasteiger partial charge in [0, 0.05) is 38.6 Å². The van der Waals surface area contributed by atoms with E-state index in [9.17, 15) is 13.2 Å². The molecule has 0 bridgehead atoms. The van der Waals surface area contributed by atoms with Gasteiger partial charge in [0.05, 0.1) is 19.8 Å². The summed E-state index contributed by atoms with van der Waals surface area (Å²) >= 11 is 0. The first-order chi connectivity index (χ1) is 14.4. The van der Waals surface area contributed by atoms with E-state index in [2.05, 4.69) is 22.3 Å². The number of aliphatic imine (C=N–C) groups is 1. The summed E-state index contributed by atoms with van der Waals surface area (Å²) in [6.07, 6.45) is -2.29. The predicted octanol–water partition coefficient (Wildman–Crippen LogP) is 3.99. The van der Waals surface area contributed by atoms with E-state index >= 15 is 0 Å². The topological polar surface area (TPSA) is 40.1 Å². The minimum Gasteiger partial charge on any atom is -0.376 e. The van der Waals surface area contributed by atoms with E-state index in [-0.39, 0.29) is 29.9 Å². The largest absolute Gasteiger partial charge is 0.401 e. The maximum Gasteiger partial charge on any atom is 0.401 e. The molecule has 0 aromatic heterocycles. The van der Waals surface area contributed by atoms with Crippen LogP contribution in [0.1, 0.15) is 25.3 Å². The van der Waals surface area contributed by atoms with Crippen LogP contribution in [0.4, 0.5) is 13.2 Å². The fourth-order valence-corrected chi connectivity index (χ4v) is 4.18. The van der Waals surface area contributed by atoms with Gasteiger partial charge in [0.1, 0.15) is 0 Å². The second-order valence-corrected chi connectivity index (χ2v) is 8.30. The van der Waals surface area contributed by atoms with Crippen LogP contribution in [-0.2, 0) is 11.3 Å². The van der Waals surface area contributed by atoms with Gasteiger partial charge in [-0.15, -0.1) is 24.0 Å². The van der Waals surface area contributed by atoms with E-state index in [1.807, 2.05) is 25.1 Å². The first-order valence-electron chi connectivity index (χ1n) is 10.9. The van der Waals surface area contributed by atoms with Crippen molar-refractivity contribution in [2.24, 2.45) is 16.8 Å². The van der Waals surface area contributed by atoms with Crippen LogP contribution in [-0.4, -0.2) is 74.4 Å². The Kier molecular flexibility index (Phi) is 10.8. The van der Waals surface area contributed by atoms with E-state index < -0.39 is 12.7 Å². The van der Waals surface area contributed by atoms with Crippen molar-refractivity contribution in [1.82, 2.24) is 15.1 Å². The highest BCUT2D eigenvalue weighted by atomic mass is 127. The number of guanidine groups is 1. The lowest BCUT2D eigenvalue weighted by Gasteiger charge is -2.22. The molecule has 1 N–H and O–H groups in total. The number of nitrogens with one attached hydrogen (secondary N) is 1. The maximum atomic E-state index is 12.6. The number of hydrogen-bond donors (Lipinski definition) is 1. The quantitative estimate of drug-likeness (QED) is 0.300. The van der Waals surface area contributed by atoms with Gasteiger partial charge in [-0.1, -0.05) is 30.3 Å². The molecule has 31 heavy (non-hydrogen) atoms. The van der Waals surface area contributed by atoms with E-state index in [0.717, 1.165) is 45.0 Å². The number of ether oxygens (including phenoxy) is 1. The zero-order valence-corrected chi connectivity index (χ0v) is 20.4. The second kappa shape index (κ2) is 12.8. The number of hydrogen-bond acceptors (Lipinski definition) is 3. The van der Waals surface area contributed by atoms with Gasteiger partial charge in [-0.3, -0.25) is 9.89 Å². The summed E-state index contributed by atoms with van der Waals surface area (Å²) in [6, 6.07) is 10.2. The Bertz CT molecular complexity index is 674. The van der Waals surface area contributed by atoms with Gasteiger partial charge in [-0.25, -0.2) is 0 Å². The molecule has 9 heteroatoms. The summed E-state index contributed by atoms with van der Waals surface area (Å²) in [5, 5.41) is 3.34. The lowest BCUT2D eigenvalue weighted by Crippen LogP contribution is -2.40. The molecule has 2 aliphatic heterocycles. The maximum absolute atomic E-state index is 12.6. The Morgan fingerprint density at radius 1 is 1.13 bits per heavy atom. The molecule has 2 aliphatic rings. The predicted molar refractivity (Wildman–Crippen MR) is 128 cm³/mol. The lowest BCUT2D eigenvalue weighted by molar-refractivity contribution is -0.143. The Morgan fingerprint density at radius 3 is 2.58 bits per heavy atom. The Hall–Kier alpha value is -1.07. The molecule has 0 saturated carbocycles. The highest BCUT2D eigenvalue weighted by Crippen LogP contribution is 2.23.